The van der Waals surface area contributed by atoms with Crippen LogP contribution in [-0.2, 0) is 11.3 Å². The summed E-state index contributed by atoms with van der Waals surface area (Å²) in [6, 6.07) is 16.5. The number of pyridine rings is 1. The monoisotopic (exact) mass is 394 g/mol. The second-order valence-electron chi connectivity index (χ2n) is 6.93. The first-order valence-electron chi connectivity index (χ1n) is 9.12. The van der Waals surface area contributed by atoms with Crippen LogP contribution in [0.3, 0.4) is 0 Å². The third-order valence-electron chi connectivity index (χ3n) is 4.90. The molecule has 0 unspecified atom stereocenters. The molecule has 5 heteroatoms. The van der Waals surface area contributed by atoms with Crippen LogP contribution in [0.15, 0.2) is 67.0 Å². The van der Waals surface area contributed by atoms with E-state index in [1.165, 1.54) is 0 Å². The minimum atomic E-state index is -0.241. The average Bonchev–Trinajstić information content (AvgIpc) is 2.68. The molecule has 1 heterocycles. The summed E-state index contributed by atoms with van der Waals surface area (Å²) in [4.78, 5) is 18.8. The van der Waals surface area contributed by atoms with Crippen molar-refractivity contribution in [2.24, 2.45) is 0 Å². The number of hydrogen-bond donors (Lipinski definition) is 1. The SMILES string of the molecule is Cc1cnccc1CN(C)C(=O)C[C@@H](c1cccc(O)c1)c1ccccc1Cl. The van der Waals surface area contributed by atoms with Gasteiger partial charge in [-0.2, -0.15) is 0 Å². The van der Waals surface area contributed by atoms with Crippen molar-refractivity contribution in [3.63, 3.8) is 0 Å². The van der Waals surface area contributed by atoms with Gasteiger partial charge in [0.05, 0.1) is 0 Å². The molecule has 1 aromatic heterocycles. The van der Waals surface area contributed by atoms with Crippen molar-refractivity contribution in [3.8, 4) is 5.75 Å². The Morgan fingerprint density at radius 3 is 2.68 bits per heavy atom. The van der Waals surface area contributed by atoms with Gasteiger partial charge in [-0.15, -0.1) is 0 Å². The molecule has 28 heavy (non-hydrogen) atoms. The van der Waals surface area contributed by atoms with Gasteiger partial charge in [-0.1, -0.05) is 41.9 Å². The van der Waals surface area contributed by atoms with Crippen LogP contribution in [0.5, 0.6) is 5.75 Å². The highest BCUT2D eigenvalue weighted by atomic mass is 35.5. The maximum atomic E-state index is 13.0. The molecule has 2 aromatic carbocycles. The standard InChI is InChI=1S/C23H23ClN2O2/c1-16-14-25-11-10-18(16)15-26(2)23(28)13-21(17-6-5-7-19(27)12-17)20-8-3-4-9-22(20)24/h3-12,14,21,27H,13,15H2,1-2H3/t21-/m0/s1. The minimum Gasteiger partial charge on any atom is -0.508 e. The first-order valence-corrected chi connectivity index (χ1v) is 9.50. The predicted molar refractivity (Wildman–Crippen MR) is 111 cm³/mol. The number of phenolic OH excluding ortho intramolecular Hbond substituents is 1. The van der Waals surface area contributed by atoms with Gasteiger partial charge < -0.3 is 10.0 Å². The van der Waals surface area contributed by atoms with Gasteiger partial charge in [-0.3, -0.25) is 9.78 Å². The molecule has 0 saturated heterocycles. The van der Waals surface area contributed by atoms with Gasteiger partial charge in [0.1, 0.15) is 5.75 Å². The maximum absolute atomic E-state index is 13.0. The molecule has 1 atom stereocenters. The van der Waals surface area contributed by atoms with Gasteiger partial charge in [0.2, 0.25) is 5.91 Å². The van der Waals surface area contributed by atoms with Crippen molar-refractivity contribution in [2.45, 2.75) is 25.8 Å². The number of benzene rings is 2. The molecule has 4 nitrogen and oxygen atoms in total. The number of carbonyl (C=O) groups excluding carboxylic acids is 1. The summed E-state index contributed by atoms with van der Waals surface area (Å²) in [7, 11) is 1.80. The number of nitrogens with zero attached hydrogens (tertiary/aromatic N) is 2. The lowest BCUT2D eigenvalue weighted by molar-refractivity contribution is -0.130. The van der Waals surface area contributed by atoms with Gasteiger partial charge in [0.25, 0.3) is 0 Å². The van der Waals surface area contributed by atoms with Crippen LogP contribution in [0.2, 0.25) is 5.02 Å². The fourth-order valence-electron chi connectivity index (χ4n) is 3.26. The number of carbonyl (C=O) groups is 1. The molecule has 0 radical (unpaired) electrons. The zero-order chi connectivity index (χ0) is 20.1. The molecule has 0 saturated carbocycles. The lowest BCUT2D eigenvalue weighted by Crippen LogP contribution is -2.28. The Balaban J connectivity index is 1.86. The smallest absolute Gasteiger partial charge is 0.223 e. The number of rotatable bonds is 6. The molecule has 0 aliphatic heterocycles. The van der Waals surface area contributed by atoms with Crippen LogP contribution in [0.1, 0.15) is 34.6 Å². The summed E-state index contributed by atoms with van der Waals surface area (Å²) in [5.74, 6) is -0.0680. The Hall–Kier alpha value is -2.85. The highest BCUT2D eigenvalue weighted by Crippen LogP contribution is 2.34. The van der Waals surface area contributed by atoms with E-state index in [0.29, 0.717) is 11.6 Å². The van der Waals surface area contributed by atoms with E-state index in [2.05, 4.69) is 4.98 Å². The molecule has 0 spiro atoms. The molecule has 0 bridgehead atoms. The summed E-state index contributed by atoms with van der Waals surface area (Å²) in [6.07, 6.45) is 3.79. The zero-order valence-electron chi connectivity index (χ0n) is 16.0. The lowest BCUT2D eigenvalue weighted by Gasteiger charge is -2.24. The van der Waals surface area contributed by atoms with Gasteiger partial charge in [-0.05, 0) is 53.4 Å². The number of hydrogen-bond acceptors (Lipinski definition) is 3. The van der Waals surface area contributed by atoms with Crippen molar-refractivity contribution < 1.29 is 9.90 Å². The molecule has 0 aliphatic rings. The molecular weight excluding hydrogens is 372 g/mol. The topological polar surface area (TPSA) is 53.4 Å². The van der Waals surface area contributed by atoms with Crippen molar-refractivity contribution in [1.29, 1.82) is 0 Å². The number of aryl methyl sites for hydroxylation is 1. The van der Waals surface area contributed by atoms with E-state index in [-0.39, 0.29) is 24.0 Å². The van der Waals surface area contributed by atoms with Crippen molar-refractivity contribution in [1.82, 2.24) is 9.88 Å². The predicted octanol–water partition coefficient (Wildman–Crippen LogP) is 4.93. The third kappa shape index (κ3) is 4.70. The summed E-state index contributed by atoms with van der Waals surface area (Å²) < 4.78 is 0. The van der Waals surface area contributed by atoms with E-state index in [1.54, 1.807) is 42.5 Å². The number of halogens is 1. The zero-order valence-corrected chi connectivity index (χ0v) is 16.7. The van der Waals surface area contributed by atoms with Crippen LogP contribution in [-0.4, -0.2) is 27.9 Å². The highest BCUT2D eigenvalue weighted by Gasteiger charge is 2.23. The summed E-state index contributed by atoms with van der Waals surface area (Å²) >= 11 is 6.43. The second kappa shape index (κ2) is 8.89. The van der Waals surface area contributed by atoms with E-state index in [1.807, 2.05) is 43.3 Å². The Morgan fingerprint density at radius 1 is 1.18 bits per heavy atom. The first-order chi connectivity index (χ1) is 13.5. The number of aromatic hydroxyl groups is 1. The summed E-state index contributed by atoms with van der Waals surface area (Å²) in [6.45, 7) is 2.50. The van der Waals surface area contributed by atoms with E-state index in [9.17, 15) is 9.90 Å². The Labute approximate surface area is 170 Å². The molecular formula is C23H23ClN2O2. The van der Waals surface area contributed by atoms with E-state index in [4.69, 9.17) is 11.6 Å². The lowest BCUT2D eigenvalue weighted by atomic mass is 9.88. The van der Waals surface area contributed by atoms with E-state index in [0.717, 1.165) is 22.3 Å². The Bertz CT molecular complexity index is 974. The molecule has 3 aromatic rings. The van der Waals surface area contributed by atoms with Crippen molar-refractivity contribution in [3.05, 3.63) is 94.3 Å². The molecule has 1 N–H and O–H groups in total. The number of aromatic nitrogens is 1. The van der Waals surface area contributed by atoms with Crippen LogP contribution in [0.4, 0.5) is 0 Å². The normalized spacial score (nSPS) is 11.8. The number of amides is 1. The van der Waals surface area contributed by atoms with Crippen LogP contribution in [0.25, 0.3) is 0 Å². The average molecular weight is 395 g/mol. The third-order valence-corrected chi connectivity index (χ3v) is 5.25. The molecule has 0 fully saturated rings. The van der Waals surface area contributed by atoms with Crippen LogP contribution in [0, 0.1) is 6.92 Å². The van der Waals surface area contributed by atoms with Crippen molar-refractivity contribution in [2.75, 3.05) is 7.05 Å². The fourth-order valence-corrected chi connectivity index (χ4v) is 3.53. The summed E-state index contributed by atoms with van der Waals surface area (Å²) in [5, 5.41) is 10.5. The molecule has 1 amide bonds. The summed E-state index contributed by atoms with van der Waals surface area (Å²) in [5.41, 5.74) is 3.85. The van der Waals surface area contributed by atoms with Gasteiger partial charge in [0.15, 0.2) is 0 Å². The van der Waals surface area contributed by atoms with Crippen molar-refractivity contribution >= 4 is 17.5 Å². The second-order valence-corrected chi connectivity index (χ2v) is 7.33. The fraction of sp³-hybridized carbons (Fsp3) is 0.217. The van der Waals surface area contributed by atoms with E-state index >= 15 is 0 Å². The molecule has 144 valence electrons. The highest BCUT2D eigenvalue weighted by molar-refractivity contribution is 6.31. The minimum absolute atomic E-state index is 0.00414. The van der Waals surface area contributed by atoms with Gasteiger partial charge >= 0.3 is 0 Å². The molecule has 3 rings (SSSR count). The largest absolute Gasteiger partial charge is 0.508 e. The quantitative estimate of drug-likeness (QED) is 0.644. The van der Waals surface area contributed by atoms with Gasteiger partial charge in [0, 0.05) is 43.3 Å². The van der Waals surface area contributed by atoms with Crippen LogP contribution < -0.4 is 0 Å². The Morgan fingerprint density at radius 2 is 1.96 bits per heavy atom. The number of phenols is 1. The Kier molecular flexibility index (Phi) is 6.32. The van der Waals surface area contributed by atoms with Crippen LogP contribution >= 0.6 is 11.6 Å². The maximum Gasteiger partial charge on any atom is 0.223 e. The van der Waals surface area contributed by atoms with Gasteiger partial charge in [-0.25, -0.2) is 0 Å². The van der Waals surface area contributed by atoms with E-state index < -0.39 is 0 Å². The first kappa shape index (κ1) is 19.9. The molecule has 0 aliphatic carbocycles.